The van der Waals surface area contributed by atoms with E-state index in [-0.39, 0.29) is 41.8 Å². The minimum Gasteiger partial charge on any atom is -0.486 e. The zero-order valence-corrected chi connectivity index (χ0v) is 31.0. The Balaban J connectivity index is 1.04. The van der Waals surface area contributed by atoms with E-state index in [1.165, 1.54) is 49.6 Å². The van der Waals surface area contributed by atoms with Crippen LogP contribution in [0.25, 0.3) is 0 Å². The zero-order chi connectivity index (χ0) is 35.6. The Labute approximate surface area is 304 Å². The summed E-state index contributed by atoms with van der Waals surface area (Å²) < 4.78 is 11.2. The molecular weight excluding hydrogens is 644 g/mol. The van der Waals surface area contributed by atoms with Crippen LogP contribution in [0.4, 0.5) is 0 Å². The summed E-state index contributed by atoms with van der Waals surface area (Å²) in [4.78, 5) is 35.1. The summed E-state index contributed by atoms with van der Waals surface area (Å²) in [5.41, 5.74) is 2.33. The Kier molecular flexibility index (Phi) is 13.5. The number of aliphatic hydroxyl groups excluding tert-OH is 1. The number of aliphatic hydroxyl groups is 1. The number of rotatable bonds is 11. The van der Waals surface area contributed by atoms with E-state index < -0.39 is 6.10 Å². The molecule has 6 rings (SSSR count). The number of aromatic nitrogens is 1. The van der Waals surface area contributed by atoms with Crippen molar-refractivity contribution in [1.82, 2.24) is 30.7 Å². The third-order valence-electron chi connectivity index (χ3n) is 12.0. The van der Waals surface area contributed by atoms with Gasteiger partial charge in [0.15, 0.2) is 12.2 Å². The predicted octanol–water partition coefficient (Wildman–Crippen LogP) is 4.77. The maximum Gasteiger partial charge on any atom is 0.225 e. The number of hydrogen-bond donors (Lipinski definition) is 4. The first kappa shape index (κ1) is 37.8. The lowest BCUT2D eigenvalue weighted by Crippen LogP contribution is -2.66. The molecule has 11 nitrogen and oxygen atoms in total. The lowest BCUT2D eigenvalue weighted by atomic mass is 9.62. The van der Waals surface area contributed by atoms with Gasteiger partial charge in [0, 0.05) is 62.6 Å². The number of fused-ring (bicyclic) bond motifs is 1. The number of carbonyl (C=O) groups is 2. The zero-order valence-electron chi connectivity index (χ0n) is 31.0. The van der Waals surface area contributed by atoms with Crippen LogP contribution in [-0.2, 0) is 29.2 Å². The number of amides is 2. The van der Waals surface area contributed by atoms with E-state index >= 15 is 0 Å². The molecule has 4 heterocycles. The number of nitrogens with one attached hydrogen (secondary N) is 3. The summed E-state index contributed by atoms with van der Waals surface area (Å²) in [7, 11) is 0. The SMILES string of the molecule is CC(C)C(=O)N1CCC(NC2NCCC(C(=O)NC[C@H](O)CN3CCc4cc(OCc5cnco5)ccc4C3)C23CCCCCCCCC3)CC1. The number of ether oxygens (including phenoxy) is 1. The second-order valence-corrected chi connectivity index (χ2v) is 15.9. The molecule has 3 atom stereocenters. The molecular formula is C40H62N6O5. The Bertz CT molecular complexity index is 1380. The van der Waals surface area contributed by atoms with Crippen LogP contribution < -0.4 is 20.7 Å². The average Bonchev–Trinajstić information content (AvgIpc) is 3.67. The first-order chi connectivity index (χ1) is 24.8. The molecule has 0 bridgehead atoms. The van der Waals surface area contributed by atoms with Gasteiger partial charge in [-0.05, 0) is 68.3 Å². The quantitative estimate of drug-likeness (QED) is 0.261. The van der Waals surface area contributed by atoms with Crippen molar-refractivity contribution in [2.24, 2.45) is 17.3 Å². The first-order valence-corrected chi connectivity index (χ1v) is 19.9. The molecule has 3 aliphatic heterocycles. The number of β-amino-alcohol motifs (C(OH)–C–C–N with tert-alkyl or cyclic N) is 1. The number of benzene rings is 1. The van der Waals surface area contributed by atoms with Crippen LogP contribution >= 0.6 is 0 Å². The highest BCUT2D eigenvalue weighted by atomic mass is 16.5. The van der Waals surface area contributed by atoms with Crippen molar-refractivity contribution in [3.05, 3.63) is 47.7 Å². The maximum absolute atomic E-state index is 14.2. The van der Waals surface area contributed by atoms with Gasteiger partial charge in [0.1, 0.15) is 12.4 Å². The van der Waals surface area contributed by atoms with Crippen LogP contribution in [0.2, 0.25) is 0 Å². The number of likely N-dealkylation sites (tertiary alicyclic amines) is 1. The molecule has 4 N–H and O–H groups in total. The topological polar surface area (TPSA) is 132 Å². The van der Waals surface area contributed by atoms with Crippen molar-refractivity contribution in [3.63, 3.8) is 0 Å². The molecule has 1 aliphatic carbocycles. The average molecular weight is 707 g/mol. The lowest BCUT2D eigenvalue weighted by Gasteiger charge is -2.52. The summed E-state index contributed by atoms with van der Waals surface area (Å²) >= 11 is 0. The Morgan fingerprint density at radius 3 is 2.49 bits per heavy atom. The smallest absolute Gasteiger partial charge is 0.225 e. The lowest BCUT2D eigenvalue weighted by molar-refractivity contribution is -0.137. The molecule has 1 saturated carbocycles. The van der Waals surface area contributed by atoms with E-state index in [9.17, 15) is 14.7 Å². The van der Waals surface area contributed by atoms with Crippen LogP contribution in [0.3, 0.4) is 0 Å². The van der Waals surface area contributed by atoms with Gasteiger partial charge in [0.05, 0.1) is 18.5 Å². The van der Waals surface area contributed by atoms with Crippen LogP contribution in [0.5, 0.6) is 5.75 Å². The number of hydrogen-bond acceptors (Lipinski definition) is 9. The van der Waals surface area contributed by atoms with Gasteiger partial charge in [0.25, 0.3) is 0 Å². The molecule has 2 unspecified atom stereocenters. The molecule has 282 valence electrons. The van der Waals surface area contributed by atoms with Gasteiger partial charge < -0.3 is 29.8 Å². The molecule has 2 aromatic rings. The molecule has 11 heteroatoms. The molecule has 51 heavy (non-hydrogen) atoms. The van der Waals surface area contributed by atoms with Crippen LogP contribution in [0.15, 0.2) is 35.2 Å². The van der Waals surface area contributed by atoms with Crippen molar-refractivity contribution in [2.75, 3.05) is 39.3 Å². The van der Waals surface area contributed by atoms with Crippen molar-refractivity contribution < 1.29 is 23.8 Å². The number of piperidine rings is 2. The van der Waals surface area contributed by atoms with E-state index in [1.807, 2.05) is 24.8 Å². The van der Waals surface area contributed by atoms with Crippen LogP contribution in [-0.4, -0.2) is 89.3 Å². The fourth-order valence-electron chi connectivity index (χ4n) is 9.11. The van der Waals surface area contributed by atoms with Gasteiger partial charge in [-0.25, -0.2) is 4.98 Å². The Morgan fingerprint density at radius 1 is 1.04 bits per heavy atom. The first-order valence-electron chi connectivity index (χ1n) is 19.9. The molecule has 1 aromatic carbocycles. The van der Waals surface area contributed by atoms with Gasteiger partial charge in [-0.1, -0.05) is 64.9 Å². The van der Waals surface area contributed by atoms with Gasteiger partial charge in [-0.15, -0.1) is 0 Å². The second kappa shape index (κ2) is 18.2. The van der Waals surface area contributed by atoms with Crippen LogP contribution in [0, 0.1) is 17.3 Å². The van der Waals surface area contributed by atoms with E-state index in [0.29, 0.717) is 25.0 Å². The van der Waals surface area contributed by atoms with Crippen molar-refractivity contribution >= 4 is 11.8 Å². The van der Waals surface area contributed by atoms with Crippen molar-refractivity contribution in [1.29, 1.82) is 0 Å². The third kappa shape index (κ3) is 9.91. The summed E-state index contributed by atoms with van der Waals surface area (Å²) in [6.45, 7) is 9.07. The molecule has 2 amide bonds. The van der Waals surface area contributed by atoms with E-state index in [1.54, 1.807) is 6.20 Å². The van der Waals surface area contributed by atoms with Gasteiger partial charge in [-0.3, -0.25) is 19.8 Å². The standard InChI is InChI=1S/C40H62N6O5/c1-29(2)38(49)46-20-14-32(15-21-46)44-39-40(16-8-6-4-3-5-7-9-17-40)36(12-18-42-39)37(48)43-23-33(47)26-45-19-13-30-22-34(11-10-31(30)25-45)50-27-35-24-41-28-51-35/h10-11,22,24,28-29,32-33,36,39,42,44,47H,3-9,12-21,23,25-27H2,1-2H3,(H,43,48)/t33-,36?,39?/m0/s1. The van der Waals surface area contributed by atoms with Crippen molar-refractivity contribution in [3.8, 4) is 5.75 Å². The minimum atomic E-state index is -0.644. The normalized spacial score (nSPS) is 24.2. The summed E-state index contributed by atoms with van der Waals surface area (Å²) in [5.74, 6) is 1.77. The summed E-state index contributed by atoms with van der Waals surface area (Å²) in [6.07, 6.45) is 16.7. The van der Waals surface area contributed by atoms with Crippen molar-refractivity contribution in [2.45, 2.75) is 129 Å². The monoisotopic (exact) mass is 706 g/mol. The van der Waals surface area contributed by atoms with Gasteiger partial charge >= 0.3 is 0 Å². The van der Waals surface area contributed by atoms with E-state index in [2.05, 4.69) is 38.0 Å². The summed E-state index contributed by atoms with van der Waals surface area (Å²) in [5, 5.41) is 22.3. The molecule has 3 fully saturated rings. The summed E-state index contributed by atoms with van der Waals surface area (Å²) in [6, 6.07) is 6.53. The fraction of sp³-hybridized carbons (Fsp3) is 0.725. The van der Waals surface area contributed by atoms with Crippen LogP contribution in [0.1, 0.15) is 108 Å². The maximum atomic E-state index is 14.2. The highest BCUT2D eigenvalue weighted by molar-refractivity contribution is 5.80. The minimum absolute atomic E-state index is 0.0292. The Morgan fingerprint density at radius 2 is 1.78 bits per heavy atom. The molecule has 1 aromatic heterocycles. The predicted molar refractivity (Wildman–Crippen MR) is 197 cm³/mol. The van der Waals surface area contributed by atoms with Gasteiger partial charge in [-0.2, -0.15) is 0 Å². The van der Waals surface area contributed by atoms with E-state index in [0.717, 1.165) is 89.8 Å². The molecule has 4 aliphatic rings. The molecule has 1 spiro atoms. The van der Waals surface area contributed by atoms with Gasteiger partial charge in [0.2, 0.25) is 11.8 Å². The number of nitrogens with zero attached hydrogens (tertiary/aromatic N) is 3. The Hall–Kier alpha value is -2.99. The second-order valence-electron chi connectivity index (χ2n) is 15.9. The fourth-order valence-corrected chi connectivity index (χ4v) is 9.11. The molecule has 0 radical (unpaired) electrons. The highest BCUT2D eigenvalue weighted by Gasteiger charge is 2.50. The van der Waals surface area contributed by atoms with E-state index in [4.69, 9.17) is 9.15 Å². The molecule has 2 saturated heterocycles. The number of oxazole rings is 1. The largest absolute Gasteiger partial charge is 0.486 e. The third-order valence-corrected chi connectivity index (χ3v) is 12.0. The highest BCUT2D eigenvalue weighted by Crippen LogP contribution is 2.46. The number of carbonyl (C=O) groups excluding carboxylic acids is 2.